The molecule has 2 aliphatic carbocycles. The molecule has 1 fully saturated rings. The van der Waals surface area contributed by atoms with Crippen LogP contribution in [0.4, 0.5) is 0 Å². The van der Waals surface area contributed by atoms with Crippen LogP contribution in [0.1, 0.15) is 61.9 Å². The molecule has 0 radical (unpaired) electrons. The van der Waals surface area contributed by atoms with E-state index in [0.717, 1.165) is 30.6 Å². The van der Waals surface area contributed by atoms with Crippen LogP contribution in [-0.4, -0.2) is 9.36 Å². The van der Waals surface area contributed by atoms with Crippen molar-refractivity contribution >= 4 is 0 Å². The third-order valence-electron chi connectivity index (χ3n) is 7.73. The minimum Gasteiger partial charge on any atom is -0.277 e. The van der Waals surface area contributed by atoms with Crippen molar-refractivity contribution in [3.8, 4) is 5.69 Å². The van der Waals surface area contributed by atoms with Gasteiger partial charge in [0.15, 0.2) is 0 Å². The number of aryl methyl sites for hydroxylation is 1. The Morgan fingerprint density at radius 2 is 1.68 bits per heavy atom. The fourth-order valence-electron chi connectivity index (χ4n) is 5.74. The molecule has 3 aromatic rings. The van der Waals surface area contributed by atoms with E-state index in [2.05, 4.69) is 80.9 Å². The lowest BCUT2D eigenvalue weighted by Crippen LogP contribution is -2.36. The average molecular weight is 373 g/mol. The van der Waals surface area contributed by atoms with Gasteiger partial charge in [-0.3, -0.25) is 9.48 Å². The van der Waals surface area contributed by atoms with E-state index in [0.29, 0.717) is 5.92 Å². The van der Waals surface area contributed by atoms with Crippen molar-refractivity contribution in [2.45, 2.75) is 58.4 Å². The number of fused-ring (bicyclic) bond motifs is 5. The summed E-state index contributed by atoms with van der Waals surface area (Å²) in [6, 6.07) is 18.8. The quantitative estimate of drug-likeness (QED) is 0.623. The summed E-state index contributed by atoms with van der Waals surface area (Å²) in [5.41, 5.74) is 6.07. The van der Waals surface area contributed by atoms with Crippen LogP contribution in [0.15, 0.2) is 59.4 Å². The Balaban J connectivity index is 1.79. The van der Waals surface area contributed by atoms with Gasteiger partial charge in [0.25, 0.3) is 5.56 Å². The highest BCUT2D eigenvalue weighted by Crippen LogP contribution is 2.67. The zero-order valence-electron chi connectivity index (χ0n) is 17.2. The maximum Gasteiger partial charge on any atom is 0.275 e. The molecule has 1 unspecified atom stereocenters. The van der Waals surface area contributed by atoms with E-state index in [1.165, 1.54) is 16.8 Å². The zero-order valence-corrected chi connectivity index (χ0v) is 17.2. The Morgan fingerprint density at radius 3 is 2.36 bits per heavy atom. The number of nitrogens with zero attached hydrogens (tertiary/aromatic N) is 2. The smallest absolute Gasteiger partial charge is 0.275 e. The maximum absolute atomic E-state index is 13.7. The van der Waals surface area contributed by atoms with Crippen molar-refractivity contribution < 1.29 is 0 Å². The third kappa shape index (κ3) is 2.13. The van der Waals surface area contributed by atoms with E-state index in [-0.39, 0.29) is 16.4 Å². The van der Waals surface area contributed by atoms with Gasteiger partial charge in [0, 0.05) is 11.0 Å². The molecular formula is C25H28N2O. The first kappa shape index (κ1) is 17.5. The van der Waals surface area contributed by atoms with Crippen molar-refractivity contribution in [3.05, 3.63) is 87.3 Å². The molecule has 0 spiro atoms. The number of aromatic nitrogens is 2. The average Bonchev–Trinajstić information content (AvgIpc) is 3.15. The van der Waals surface area contributed by atoms with Gasteiger partial charge in [-0.05, 0) is 48.8 Å². The molecule has 28 heavy (non-hydrogen) atoms. The van der Waals surface area contributed by atoms with Crippen LogP contribution in [0, 0.1) is 12.3 Å². The minimum absolute atomic E-state index is 0.0386. The van der Waals surface area contributed by atoms with Crippen LogP contribution in [-0.2, 0) is 12.0 Å². The second-order valence-electron chi connectivity index (χ2n) is 9.40. The second-order valence-corrected chi connectivity index (χ2v) is 9.40. The Labute approximate surface area is 166 Å². The van der Waals surface area contributed by atoms with Crippen LogP contribution in [0.25, 0.3) is 5.69 Å². The molecule has 0 saturated heterocycles. The Morgan fingerprint density at radius 1 is 1.00 bits per heavy atom. The van der Waals surface area contributed by atoms with Crippen LogP contribution in [0.3, 0.4) is 0 Å². The lowest BCUT2D eigenvalue weighted by molar-refractivity contribution is 0.216. The molecule has 0 amide bonds. The van der Waals surface area contributed by atoms with Crippen molar-refractivity contribution in [2.24, 2.45) is 5.41 Å². The lowest BCUT2D eigenvalue weighted by Gasteiger charge is -2.36. The summed E-state index contributed by atoms with van der Waals surface area (Å²) in [7, 11) is 0. The number of benzene rings is 2. The summed E-state index contributed by atoms with van der Waals surface area (Å²) in [6.07, 6.45) is 2.28. The molecule has 2 aromatic carbocycles. The minimum atomic E-state index is 0.0386. The van der Waals surface area contributed by atoms with Gasteiger partial charge in [0.2, 0.25) is 0 Å². The molecule has 2 atom stereocenters. The molecule has 2 bridgehead atoms. The van der Waals surface area contributed by atoms with Crippen molar-refractivity contribution in [1.82, 2.24) is 9.36 Å². The molecule has 5 rings (SSSR count). The van der Waals surface area contributed by atoms with Crippen LogP contribution >= 0.6 is 0 Å². The van der Waals surface area contributed by atoms with Gasteiger partial charge < -0.3 is 0 Å². The first-order chi connectivity index (χ1) is 13.3. The second kappa shape index (κ2) is 5.73. The first-order valence-corrected chi connectivity index (χ1v) is 10.3. The summed E-state index contributed by atoms with van der Waals surface area (Å²) < 4.78 is 4.21. The van der Waals surface area contributed by atoms with Crippen molar-refractivity contribution in [3.63, 3.8) is 0 Å². The molecule has 3 heteroatoms. The zero-order chi connectivity index (χ0) is 19.7. The van der Waals surface area contributed by atoms with Crippen molar-refractivity contribution in [2.75, 3.05) is 0 Å². The molecule has 1 heterocycles. The third-order valence-corrected chi connectivity index (χ3v) is 7.73. The number of hydrogen-bond donors (Lipinski definition) is 0. The fraction of sp³-hybridized carbons (Fsp3) is 0.400. The predicted octanol–water partition coefficient (Wildman–Crippen LogP) is 5.17. The molecule has 1 aromatic heterocycles. The van der Waals surface area contributed by atoms with Crippen LogP contribution in [0.5, 0.6) is 0 Å². The lowest BCUT2D eigenvalue weighted by atomic mass is 9.70. The molecule has 3 nitrogen and oxygen atoms in total. The highest BCUT2D eigenvalue weighted by molar-refractivity contribution is 5.48. The fourth-order valence-corrected chi connectivity index (χ4v) is 5.74. The summed E-state index contributed by atoms with van der Waals surface area (Å²) >= 11 is 0. The molecule has 1 saturated carbocycles. The Bertz CT molecular complexity index is 1100. The summed E-state index contributed by atoms with van der Waals surface area (Å²) in [5, 5.41) is 0. The van der Waals surface area contributed by atoms with Gasteiger partial charge in [-0.1, -0.05) is 68.8 Å². The summed E-state index contributed by atoms with van der Waals surface area (Å²) in [5.74, 6) is 0.355. The van der Waals surface area contributed by atoms with Gasteiger partial charge in [-0.15, -0.1) is 0 Å². The molecular weight excluding hydrogens is 344 g/mol. The number of hydrogen-bond acceptors (Lipinski definition) is 1. The summed E-state index contributed by atoms with van der Waals surface area (Å²) in [4.78, 5) is 13.7. The highest BCUT2D eigenvalue weighted by atomic mass is 16.1. The van der Waals surface area contributed by atoms with Crippen molar-refractivity contribution in [1.29, 1.82) is 0 Å². The maximum atomic E-state index is 13.7. The largest absolute Gasteiger partial charge is 0.277 e. The van der Waals surface area contributed by atoms with E-state index in [4.69, 9.17) is 0 Å². The van der Waals surface area contributed by atoms with E-state index < -0.39 is 0 Å². The van der Waals surface area contributed by atoms with E-state index in [1.807, 2.05) is 10.7 Å². The topological polar surface area (TPSA) is 26.9 Å². The monoisotopic (exact) mass is 372 g/mol. The molecule has 0 aliphatic heterocycles. The Kier molecular flexibility index (Phi) is 3.59. The van der Waals surface area contributed by atoms with Gasteiger partial charge in [0.1, 0.15) is 0 Å². The van der Waals surface area contributed by atoms with Gasteiger partial charge in [0.05, 0.1) is 17.9 Å². The predicted molar refractivity (Wildman–Crippen MR) is 113 cm³/mol. The normalized spacial score (nSPS) is 24.5. The molecule has 144 valence electrons. The van der Waals surface area contributed by atoms with Gasteiger partial charge in [-0.2, -0.15) is 0 Å². The van der Waals surface area contributed by atoms with E-state index in [9.17, 15) is 4.79 Å². The van der Waals surface area contributed by atoms with Gasteiger partial charge >= 0.3 is 0 Å². The molecule has 2 aliphatic rings. The highest BCUT2D eigenvalue weighted by Gasteiger charge is 2.62. The van der Waals surface area contributed by atoms with Crippen LogP contribution in [0.2, 0.25) is 0 Å². The standard InChI is InChI=1S/C25H28N2O/c1-17-10-12-19(13-11-17)27-23(28)21-20-14-15-25(4,24(20,2)3)22(21)26(27)16-18-8-6-5-7-9-18/h5-13,20H,14-16H2,1-4H3/t20?,25-/m0/s1. The first-order valence-electron chi connectivity index (χ1n) is 10.3. The van der Waals surface area contributed by atoms with Crippen LogP contribution < -0.4 is 5.56 Å². The summed E-state index contributed by atoms with van der Waals surface area (Å²) in [6.45, 7) is 9.89. The van der Waals surface area contributed by atoms with E-state index >= 15 is 0 Å². The number of rotatable bonds is 3. The van der Waals surface area contributed by atoms with E-state index in [1.54, 1.807) is 0 Å². The van der Waals surface area contributed by atoms with Gasteiger partial charge in [-0.25, -0.2) is 4.68 Å². The molecule has 0 N–H and O–H groups in total. The SMILES string of the molecule is Cc1ccc(-n2c(=O)c3c(n2Cc2ccccc2)[C@]2(C)CCC3C2(C)C)cc1. The Hall–Kier alpha value is -2.55.